The SMILES string of the molecule is C[C@H](C=O)c1ccc(S(C)(=O)=O)cc1. The summed E-state index contributed by atoms with van der Waals surface area (Å²) in [4.78, 5) is 10.7. The zero-order valence-electron chi connectivity index (χ0n) is 8.10. The third kappa shape index (κ3) is 2.42. The van der Waals surface area contributed by atoms with Gasteiger partial charge in [0.1, 0.15) is 6.29 Å². The summed E-state index contributed by atoms with van der Waals surface area (Å²) in [5, 5.41) is 0. The van der Waals surface area contributed by atoms with E-state index < -0.39 is 9.84 Å². The highest BCUT2D eigenvalue weighted by molar-refractivity contribution is 7.90. The van der Waals surface area contributed by atoms with Crippen molar-refractivity contribution in [3.8, 4) is 0 Å². The van der Waals surface area contributed by atoms with Crippen LogP contribution in [0.2, 0.25) is 0 Å². The largest absolute Gasteiger partial charge is 0.303 e. The molecule has 14 heavy (non-hydrogen) atoms. The normalized spacial score (nSPS) is 13.6. The molecule has 0 aliphatic heterocycles. The summed E-state index contributed by atoms with van der Waals surface area (Å²) in [5.74, 6) is -0.191. The number of sulfone groups is 1. The van der Waals surface area contributed by atoms with E-state index in [-0.39, 0.29) is 10.8 Å². The molecule has 1 atom stereocenters. The Hall–Kier alpha value is -1.16. The first-order chi connectivity index (χ1) is 6.45. The van der Waals surface area contributed by atoms with E-state index in [4.69, 9.17) is 0 Å². The fourth-order valence-corrected chi connectivity index (χ4v) is 1.73. The first kappa shape index (κ1) is 10.9. The highest BCUT2D eigenvalue weighted by atomic mass is 32.2. The Morgan fingerprint density at radius 3 is 2.07 bits per heavy atom. The van der Waals surface area contributed by atoms with Crippen molar-refractivity contribution in [1.29, 1.82) is 0 Å². The molecule has 0 aromatic heterocycles. The molecule has 0 saturated carbocycles. The van der Waals surface area contributed by atoms with Gasteiger partial charge >= 0.3 is 0 Å². The number of carbonyl (C=O) groups is 1. The maximum Gasteiger partial charge on any atom is 0.175 e. The van der Waals surface area contributed by atoms with Crippen LogP contribution in [0, 0.1) is 0 Å². The molecule has 0 aliphatic carbocycles. The molecule has 4 heteroatoms. The van der Waals surface area contributed by atoms with Crippen LogP contribution in [0.3, 0.4) is 0 Å². The van der Waals surface area contributed by atoms with Gasteiger partial charge in [0.15, 0.2) is 9.84 Å². The average Bonchev–Trinajstić information content (AvgIpc) is 2.15. The van der Waals surface area contributed by atoms with Crippen molar-refractivity contribution in [1.82, 2.24) is 0 Å². The minimum atomic E-state index is -3.14. The maximum atomic E-state index is 11.1. The van der Waals surface area contributed by atoms with Gasteiger partial charge in [-0.05, 0) is 17.7 Å². The van der Waals surface area contributed by atoms with E-state index in [1.165, 1.54) is 12.1 Å². The number of aldehydes is 1. The van der Waals surface area contributed by atoms with Crippen LogP contribution in [-0.2, 0) is 14.6 Å². The Morgan fingerprint density at radius 1 is 1.21 bits per heavy atom. The summed E-state index contributed by atoms with van der Waals surface area (Å²) < 4.78 is 22.2. The second kappa shape index (κ2) is 3.92. The zero-order chi connectivity index (χ0) is 10.8. The number of hydrogen-bond acceptors (Lipinski definition) is 3. The Labute approximate surface area is 83.7 Å². The fraction of sp³-hybridized carbons (Fsp3) is 0.300. The first-order valence-corrected chi connectivity index (χ1v) is 6.09. The molecule has 0 unspecified atom stereocenters. The lowest BCUT2D eigenvalue weighted by Gasteiger charge is -2.04. The summed E-state index contributed by atoms with van der Waals surface area (Å²) in [7, 11) is -3.14. The van der Waals surface area contributed by atoms with Gasteiger partial charge in [0.25, 0.3) is 0 Å². The third-order valence-electron chi connectivity index (χ3n) is 2.04. The fourth-order valence-electron chi connectivity index (χ4n) is 1.10. The molecule has 0 heterocycles. The Morgan fingerprint density at radius 2 is 1.71 bits per heavy atom. The van der Waals surface area contributed by atoms with Gasteiger partial charge in [0.05, 0.1) is 4.90 Å². The summed E-state index contributed by atoms with van der Waals surface area (Å²) in [6, 6.07) is 6.36. The quantitative estimate of drug-likeness (QED) is 0.711. The van der Waals surface area contributed by atoms with E-state index in [2.05, 4.69) is 0 Å². The number of carbonyl (C=O) groups excluding carboxylic acids is 1. The van der Waals surface area contributed by atoms with Crippen LogP contribution >= 0.6 is 0 Å². The molecule has 0 N–H and O–H groups in total. The van der Waals surface area contributed by atoms with Crippen molar-refractivity contribution in [2.24, 2.45) is 0 Å². The van der Waals surface area contributed by atoms with Crippen LogP contribution in [0.25, 0.3) is 0 Å². The van der Waals surface area contributed by atoms with Crippen molar-refractivity contribution in [2.75, 3.05) is 6.26 Å². The zero-order valence-corrected chi connectivity index (χ0v) is 8.91. The number of rotatable bonds is 3. The molecule has 1 rings (SSSR count). The van der Waals surface area contributed by atoms with Gasteiger partial charge in [-0.3, -0.25) is 0 Å². The number of benzene rings is 1. The average molecular weight is 212 g/mol. The maximum absolute atomic E-state index is 11.1. The van der Waals surface area contributed by atoms with Crippen LogP contribution in [0.4, 0.5) is 0 Å². The van der Waals surface area contributed by atoms with E-state index in [0.29, 0.717) is 0 Å². The van der Waals surface area contributed by atoms with Crippen LogP contribution in [0.15, 0.2) is 29.2 Å². The molecule has 0 saturated heterocycles. The molecule has 0 spiro atoms. The Bertz CT molecular complexity index is 417. The van der Waals surface area contributed by atoms with Gasteiger partial charge in [-0.25, -0.2) is 8.42 Å². The van der Waals surface area contributed by atoms with E-state index >= 15 is 0 Å². The predicted molar refractivity (Wildman–Crippen MR) is 54.0 cm³/mol. The van der Waals surface area contributed by atoms with Crippen molar-refractivity contribution in [3.63, 3.8) is 0 Å². The molecular weight excluding hydrogens is 200 g/mol. The highest BCUT2D eigenvalue weighted by Gasteiger charge is 2.08. The van der Waals surface area contributed by atoms with E-state index in [1.54, 1.807) is 19.1 Å². The Balaban J connectivity index is 3.07. The van der Waals surface area contributed by atoms with Crippen LogP contribution in [0.5, 0.6) is 0 Å². The van der Waals surface area contributed by atoms with Crippen molar-refractivity contribution >= 4 is 16.1 Å². The van der Waals surface area contributed by atoms with E-state index in [9.17, 15) is 13.2 Å². The van der Waals surface area contributed by atoms with Gasteiger partial charge in [-0.15, -0.1) is 0 Å². The van der Waals surface area contributed by atoms with Gasteiger partial charge in [-0.1, -0.05) is 19.1 Å². The molecule has 1 aromatic carbocycles. The van der Waals surface area contributed by atoms with Crippen LogP contribution in [-0.4, -0.2) is 21.0 Å². The second-order valence-electron chi connectivity index (χ2n) is 3.27. The molecule has 76 valence electrons. The topological polar surface area (TPSA) is 51.2 Å². The molecule has 0 aliphatic rings. The Kier molecular flexibility index (Phi) is 3.06. The summed E-state index contributed by atoms with van der Waals surface area (Å²) in [6.45, 7) is 1.77. The molecule has 0 amide bonds. The lowest BCUT2D eigenvalue weighted by molar-refractivity contribution is -0.108. The minimum absolute atomic E-state index is 0.191. The lowest BCUT2D eigenvalue weighted by Crippen LogP contribution is -1.99. The van der Waals surface area contributed by atoms with Crippen molar-refractivity contribution in [2.45, 2.75) is 17.7 Å². The minimum Gasteiger partial charge on any atom is -0.303 e. The van der Waals surface area contributed by atoms with Gasteiger partial charge in [-0.2, -0.15) is 0 Å². The lowest BCUT2D eigenvalue weighted by atomic mass is 10.0. The third-order valence-corrected chi connectivity index (χ3v) is 3.17. The van der Waals surface area contributed by atoms with Crippen LogP contribution < -0.4 is 0 Å². The van der Waals surface area contributed by atoms with Gasteiger partial charge < -0.3 is 4.79 Å². The molecule has 3 nitrogen and oxygen atoms in total. The summed E-state index contributed by atoms with van der Waals surface area (Å²) in [5.41, 5.74) is 0.826. The van der Waals surface area contributed by atoms with Gasteiger partial charge in [0.2, 0.25) is 0 Å². The molecular formula is C10H12O3S. The highest BCUT2D eigenvalue weighted by Crippen LogP contribution is 2.16. The predicted octanol–water partition coefficient (Wildman–Crippen LogP) is 1.39. The van der Waals surface area contributed by atoms with Gasteiger partial charge in [0, 0.05) is 12.2 Å². The molecule has 0 radical (unpaired) electrons. The summed E-state index contributed by atoms with van der Waals surface area (Å²) >= 11 is 0. The molecule has 0 fully saturated rings. The van der Waals surface area contributed by atoms with E-state index in [1.807, 2.05) is 0 Å². The van der Waals surface area contributed by atoms with Crippen molar-refractivity contribution in [3.05, 3.63) is 29.8 Å². The van der Waals surface area contributed by atoms with Crippen molar-refractivity contribution < 1.29 is 13.2 Å². The second-order valence-corrected chi connectivity index (χ2v) is 5.28. The summed E-state index contributed by atoms with van der Waals surface area (Å²) in [6.07, 6.45) is 1.99. The smallest absolute Gasteiger partial charge is 0.175 e. The van der Waals surface area contributed by atoms with Crippen LogP contribution in [0.1, 0.15) is 18.4 Å². The van der Waals surface area contributed by atoms with E-state index in [0.717, 1.165) is 18.1 Å². The molecule has 1 aromatic rings. The standard InChI is InChI=1S/C10H12O3S/c1-8(7-11)9-3-5-10(6-4-9)14(2,12)13/h3-8H,1-2H3/t8-/m1/s1. The first-order valence-electron chi connectivity index (χ1n) is 4.20. The number of hydrogen-bond donors (Lipinski definition) is 0. The monoisotopic (exact) mass is 212 g/mol. The molecule has 0 bridgehead atoms.